The van der Waals surface area contributed by atoms with Gasteiger partial charge in [-0.15, -0.1) is 0 Å². The third kappa shape index (κ3) is 2.12. The van der Waals surface area contributed by atoms with Crippen LogP contribution in [0.5, 0.6) is 0 Å². The Morgan fingerprint density at radius 3 is 2.00 bits per heavy atom. The van der Waals surface area contributed by atoms with Crippen molar-refractivity contribution in [2.24, 2.45) is 0 Å². The second-order valence-electron chi connectivity index (χ2n) is 6.06. The minimum atomic E-state index is -3.10. The van der Waals surface area contributed by atoms with Gasteiger partial charge in [0.25, 0.3) is 11.6 Å². The molecular weight excluding hydrogens is 304 g/mol. The number of hydrogen-bond donors (Lipinski definition) is 8. The minimum Gasteiger partial charge on any atom is -0.388 e. The predicted molar refractivity (Wildman–Crippen MR) is 67.1 cm³/mol. The van der Waals surface area contributed by atoms with Gasteiger partial charge in [-0.25, -0.2) is 0 Å². The van der Waals surface area contributed by atoms with Crippen LogP contribution < -0.4 is 0 Å². The van der Waals surface area contributed by atoms with Gasteiger partial charge in [0, 0.05) is 0 Å². The molecule has 2 saturated heterocycles. The number of aliphatic hydroxyl groups is 8. The summed E-state index contributed by atoms with van der Waals surface area (Å²) in [4.78, 5) is 0. The Bertz CT molecular complexity index is 430. The van der Waals surface area contributed by atoms with Crippen LogP contribution in [0.25, 0.3) is 0 Å². The van der Waals surface area contributed by atoms with E-state index in [4.69, 9.17) is 9.47 Å². The molecular formula is C12H22O10. The molecule has 8 N–H and O–H groups in total. The van der Waals surface area contributed by atoms with E-state index >= 15 is 0 Å². The molecule has 0 aromatic carbocycles. The SMILES string of the molecule is C[C@H]1O[C@](O)(C2(O)OC[C@@H](O)[C@H](O)[C@H]2O)[C@](C)(O)[C@@H](O)[C@H]1O. The van der Waals surface area contributed by atoms with Gasteiger partial charge in [0.1, 0.15) is 36.1 Å². The van der Waals surface area contributed by atoms with Gasteiger partial charge in [0.2, 0.25) is 0 Å². The lowest BCUT2D eigenvalue weighted by Gasteiger charge is -2.58. The van der Waals surface area contributed by atoms with Crippen molar-refractivity contribution in [1.29, 1.82) is 0 Å². The van der Waals surface area contributed by atoms with Crippen molar-refractivity contribution in [3.8, 4) is 0 Å². The molecule has 0 radical (unpaired) electrons. The molecule has 0 spiro atoms. The van der Waals surface area contributed by atoms with E-state index in [1.165, 1.54) is 6.92 Å². The summed E-state index contributed by atoms with van der Waals surface area (Å²) in [5.74, 6) is -6.16. The van der Waals surface area contributed by atoms with Crippen molar-refractivity contribution < 1.29 is 50.3 Å². The second kappa shape index (κ2) is 5.31. The first-order valence-electron chi connectivity index (χ1n) is 6.79. The fourth-order valence-electron chi connectivity index (χ4n) is 2.83. The van der Waals surface area contributed by atoms with Gasteiger partial charge in [-0.1, -0.05) is 0 Å². The quantitative estimate of drug-likeness (QED) is 0.233. The molecule has 9 atom stereocenters. The molecule has 0 bridgehead atoms. The van der Waals surface area contributed by atoms with Gasteiger partial charge in [-0.05, 0) is 13.8 Å². The zero-order valence-corrected chi connectivity index (χ0v) is 12.1. The first kappa shape index (κ1) is 17.9. The van der Waals surface area contributed by atoms with Crippen LogP contribution in [0.15, 0.2) is 0 Å². The average molecular weight is 326 g/mol. The molecule has 22 heavy (non-hydrogen) atoms. The summed E-state index contributed by atoms with van der Waals surface area (Å²) < 4.78 is 9.87. The Balaban J connectivity index is 2.47. The fraction of sp³-hybridized carbons (Fsp3) is 1.00. The molecule has 130 valence electrons. The molecule has 0 aromatic rings. The highest BCUT2D eigenvalue weighted by Gasteiger charge is 2.74. The lowest BCUT2D eigenvalue weighted by Crippen LogP contribution is -2.83. The van der Waals surface area contributed by atoms with Crippen LogP contribution in [0.2, 0.25) is 0 Å². The molecule has 0 aliphatic carbocycles. The third-order valence-corrected chi connectivity index (χ3v) is 4.50. The van der Waals surface area contributed by atoms with Gasteiger partial charge in [0.15, 0.2) is 0 Å². The van der Waals surface area contributed by atoms with E-state index in [-0.39, 0.29) is 0 Å². The number of aliphatic hydroxyl groups excluding tert-OH is 5. The van der Waals surface area contributed by atoms with Crippen molar-refractivity contribution >= 4 is 0 Å². The molecule has 0 saturated carbocycles. The summed E-state index contributed by atoms with van der Waals surface area (Å²) in [6.07, 6.45) is -10.5. The fourth-order valence-corrected chi connectivity index (χ4v) is 2.83. The van der Waals surface area contributed by atoms with E-state index in [9.17, 15) is 40.9 Å². The monoisotopic (exact) mass is 326 g/mol. The van der Waals surface area contributed by atoms with Crippen molar-refractivity contribution in [1.82, 2.24) is 0 Å². The van der Waals surface area contributed by atoms with Gasteiger partial charge >= 0.3 is 0 Å². The highest BCUT2D eigenvalue weighted by Crippen LogP contribution is 2.46. The summed E-state index contributed by atoms with van der Waals surface area (Å²) in [5.41, 5.74) is -2.67. The van der Waals surface area contributed by atoms with Crippen LogP contribution in [0.1, 0.15) is 13.8 Å². The van der Waals surface area contributed by atoms with Crippen LogP contribution in [0, 0.1) is 0 Å². The van der Waals surface area contributed by atoms with Crippen molar-refractivity contribution in [2.75, 3.05) is 6.61 Å². The van der Waals surface area contributed by atoms with Crippen molar-refractivity contribution in [3.63, 3.8) is 0 Å². The van der Waals surface area contributed by atoms with E-state index in [1.54, 1.807) is 0 Å². The lowest BCUT2D eigenvalue weighted by molar-refractivity contribution is -0.497. The smallest absolute Gasteiger partial charge is 0.256 e. The Labute approximate surface area is 125 Å². The molecule has 0 amide bonds. The molecule has 2 heterocycles. The maximum Gasteiger partial charge on any atom is 0.256 e. The summed E-state index contributed by atoms with van der Waals surface area (Å²) in [7, 11) is 0. The highest BCUT2D eigenvalue weighted by molar-refractivity contribution is 5.13. The zero-order valence-electron chi connectivity index (χ0n) is 12.1. The van der Waals surface area contributed by atoms with Gasteiger partial charge in [-0.3, -0.25) is 0 Å². The summed E-state index contributed by atoms with van der Waals surface area (Å²) in [6.45, 7) is 1.43. The van der Waals surface area contributed by atoms with Crippen molar-refractivity contribution in [3.05, 3.63) is 0 Å². The van der Waals surface area contributed by atoms with Crippen LogP contribution >= 0.6 is 0 Å². The Morgan fingerprint density at radius 2 is 1.45 bits per heavy atom. The second-order valence-corrected chi connectivity index (χ2v) is 6.06. The molecule has 1 unspecified atom stereocenters. The first-order chi connectivity index (χ1) is 9.90. The Morgan fingerprint density at radius 1 is 0.909 bits per heavy atom. The summed E-state index contributed by atoms with van der Waals surface area (Å²) in [6, 6.07) is 0. The van der Waals surface area contributed by atoms with Crippen LogP contribution in [0.4, 0.5) is 0 Å². The molecule has 10 heteroatoms. The van der Waals surface area contributed by atoms with E-state index in [0.717, 1.165) is 6.92 Å². The highest BCUT2D eigenvalue weighted by atomic mass is 16.7. The normalized spacial score (nSPS) is 60.3. The maximum atomic E-state index is 10.6. The maximum absolute atomic E-state index is 10.6. The zero-order chi connectivity index (χ0) is 17.1. The first-order valence-corrected chi connectivity index (χ1v) is 6.79. The van der Waals surface area contributed by atoms with E-state index in [0.29, 0.717) is 0 Å². The lowest BCUT2D eigenvalue weighted by atomic mass is 9.74. The molecule has 2 fully saturated rings. The van der Waals surface area contributed by atoms with E-state index in [1.807, 2.05) is 0 Å². The number of hydrogen-bond acceptors (Lipinski definition) is 10. The molecule has 2 aliphatic heterocycles. The largest absolute Gasteiger partial charge is 0.388 e. The van der Waals surface area contributed by atoms with E-state index in [2.05, 4.69) is 0 Å². The molecule has 2 rings (SSSR count). The number of ether oxygens (including phenoxy) is 2. The minimum absolute atomic E-state index is 0.677. The van der Waals surface area contributed by atoms with E-state index < -0.39 is 60.4 Å². The van der Waals surface area contributed by atoms with Crippen molar-refractivity contribution in [2.45, 2.75) is 67.6 Å². The predicted octanol–water partition coefficient (Wildman–Crippen LogP) is -4.63. The summed E-state index contributed by atoms with van der Waals surface area (Å²) >= 11 is 0. The van der Waals surface area contributed by atoms with Gasteiger partial charge in [0.05, 0.1) is 12.7 Å². The van der Waals surface area contributed by atoms with Gasteiger partial charge < -0.3 is 50.3 Å². The number of rotatable bonds is 1. The topological polar surface area (TPSA) is 180 Å². The summed E-state index contributed by atoms with van der Waals surface area (Å²) in [5, 5.41) is 80.3. The average Bonchev–Trinajstić information content (AvgIpc) is 2.45. The van der Waals surface area contributed by atoms with Crippen LogP contribution in [0.3, 0.4) is 0 Å². The Hall–Kier alpha value is -0.400. The third-order valence-electron chi connectivity index (χ3n) is 4.50. The van der Waals surface area contributed by atoms with Crippen LogP contribution in [-0.2, 0) is 9.47 Å². The van der Waals surface area contributed by atoms with Gasteiger partial charge in [-0.2, -0.15) is 0 Å². The molecule has 0 aromatic heterocycles. The standard InChI is InChI=1S/C12H22O10/c1-4-6(14)8(16)10(2,18)12(20,22-4)11(19)9(17)7(15)5(13)3-21-11/h4-9,13-20H,3H2,1-2H3/t4-,5-,6+,7+,8+,9-,10-,11?,12+/m1/s1. The van der Waals surface area contributed by atoms with Crippen LogP contribution in [-0.4, -0.2) is 101 Å². The molecule has 2 aliphatic rings. The molecule has 10 nitrogen and oxygen atoms in total. The Kier molecular flexibility index (Phi) is 4.33.